The van der Waals surface area contributed by atoms with Gasteiger partial charge < -0.3 is 4.74 Å². The Bertz CT molecular complexity index is 884. The molecule has 9 heteroatoms. The van der Waals surface area contributed by atoms with Gasteiger partial charge in [-0.15, -0.1) is 0 Å². The minimum absolute atomic E-state index is 0.0564. The second kappa shape index (κ2) is 8.57. The molecule has 0 fully saturated rings. The summed E-state index contributed by atoms with van der Waals surface area (Å²) in [5, 5.41) is 0.310. The first kappa shape index (κ1) is 20.3. The van der Waals surface area contributed by atoms with E-state index >= 15 is 0 Å². The maximum Gasteiger partial charge on any atom is 0.338 e. The number of hydrogen-bond acceptors (Lipinski definition) is 5. The Morgan fingerprint density at radius 3 is 2.50 bits per heavy atom. The summed E-state index contributed by atoms with van der Waals surface area (Å²) in [5.74, 6) is -1.69. The van der Waals surface area contributed by atoms with E-state index in [0.717, 1.165) is 16.4 Å². The van der Waals surface area contributed by atoms with Crippen LogP contribution in [-0.2, 0) is 21.4 Å². The van der Waals surface area contributed by atoms with Crippen molar-refractivity contribution in [2.75, 3.05) is 13.1 Å². The highest BCUT2D eigenvalue weighted by Gasteiger charge is 2.26. The van der Waals surface area contributed by atoms with Gasteiger partial charge in [0.2, 0.25) is 10.0 Å². The van der Waals surface area contributed by atoms with E-state index in [-0.39, 0.29) is 25.3 Å². The summed E-state index contributed by atoms with van der Waals surface area (Å²) in [6, 6.07) is 6.31. The number of sulfonamides is 1. The van der Waals surface area contributed by atoms with Crippen molar-refractivity contribution in [3.8, 4) is 0 Å². The van der Waals surface area contributed by atoms with Gasteiger partial charge in [-0.2, -0.15) is 4.31 Å². The predicted molar refractivity (Wildman–Crippen MR) is 94.9 cm³/mol. The van der Waals surface area contributed by atoms with E-state index < -0.39 is 26.7 Å². The van der Waals surface area contributed by atoms with Crippen LogP contribution in [0.5, 0.6) is 0 Å². The van der Waals surface area contributed by atoms with Gasteiger partial charge in [0.1, 0.15) is 22.5 Å². The molecule has 0 bridgehead atoms. The van der Waals surface area contributed by atoms with Gasteiger partial charge in [0.05, 0.1) is 5.56 Å². The van der Waals surface area contributed by atoms with E-state index in [9.17, 15) is 17.6 Å². The number of halogens is 2. The third kappa shape index (κ3) is 4.57. The molecule has 0 atom stereocenters. The lowest BCUT2D eigenvalue weighted by atomic mass is 10.2. The molecule has 26 heavy (non-hydrogen) atoms. The molecule has 0 amide bonds. The second-order valence-corrected chi connectivity index (χ2v) is 7.59. The van der Waals surface area contributed by atoms with E-state index in [1.165, 1.54) is 12.3 Å². The van der Waals surface area contributed by atoms with Gasteiger partial charge in [0.25, 0.3) is 0 Å². The third-order valence-electron chi connectivity index (χ3n) is 3.65. The first-order valence-corrected chi connectivity index (χ1v) is 9.68. The van der Waals surface area contributed by atoms with Crippen molar-refractivity contribution in [1.29, 1.82) is 0 Å². The van der Waals surface area contributed by atoms with Gasteiger partial charge in [0.15, 0.2) is 0 Å². The molecule has 0 N–H and O–H groups in total. The minimum atomic E-state index is -4.03. The summed E-state index contributed by atoms with van der Waals surface area (Å²) in [6.07, 6.45) is 1.45. The van der Waals surface area contributed by atoms with E-state index in [2.05, 4.69) is 4.98 Å². The molecule has 0 aliphatic carbocycles. The Morgan fingerprint density at radius 2 is 1.92 bits per heavy atom. The largest absolute Gasteiger partial charge is 0.457 e. The molecular weight excluding hydrogens is 383 g/mol. The smallest absolute Gasteiger partial charge is 0.338 e. The quantitative estimate of drug-likeness (QED) is 0.526. The lowest BCUT2D eigenvalue weighted by molar-refractivity contribution is 0.0472. The summed E-state index contributed by atoms with van der Waals surface area (Å²) < 4.78 is 45.3. The standard InChI is InChI=1S/C17H18ClFN2O4S/c1-3-21(4-2)26(23,24)15-9-13(6-7-14(15)19)17(22)25-11-12-5-8-16(18)20-10-12/h5-10H,3-4,11H2,1-2H3. The molecule has 1 aromatic heterocycles. The van der Waals surface area contributed by atoms with Crippen LogP contribution in [0.3, 0.4) is 0 Å². The zero-order valence-corrected chi connectivity index (χ0v) is 15.8. The molecule has 0 radical (unpaired) electrons. The van der Waals surface area contributed by atoms with Crippen molar-refractivity contribution in [2.45, 2.75) is 25.3 Å². The van der Waals surface area contributed by atoms with Crippen LogP contribution in [0.4, 0.5) is 4.39 Å². The van der Waals surface area contributed by atoms with Gasteiger partial charge >= 0.3 is 5.97 Å². The van der Waals surface area contributed by atoms with E-state index in [1.807, 2.05) is 0 Å². The first-order valence-electron chi connectivity index (χ1n) is 7.86. The number of aromatic nitrogens is 1. The van der Waals surface area contributed by atoms with Crippen molar-refractivity contribution >= 4 is 27.6 Å². The van der Waals surface area contributed by atoms with E-state index in [4.69, 9.17) is 16.3 Å². The molecule has 1 heterocycles. The lowest BCUT2D eigenvalue weighted by Gasteiger charge is -2.19. The molecule has 0 unspecified atom stereocenters. The first-order chi connectivity index (χ1) is 12.3. The number of pyridine rings is 1. The molecular formula is C17H18ClFN2O4S. The van der Waals surface area contributed by atoms with Crippen LogP contribution in [0.15, 0.2) is 41.4 Å². The second-order valence-electron chi connectivity index (χ2n) is 5.30. The maximum atomic E-state index is 14.1. The monoisotopic (exact) mass is 400 g/mol. The van der Waals surface area contributed by atoms with E-state index in [0.29, 0.717) is 10.7 Å². The fraction of sp³-hybridized carbons (Fsp3) is 0.294. The average Bonchev–Trinajstić information content (AvgIpc) is 2.62. The molecule has 6 nitrogen and oxygen atoms in total. The van der Waals surface area contributed by atoms with Gasteiger partial charge in [-0.25, -0.2) is 22.6 Å². The van der Waals surface area contributed by atoms with Crippen molar-refractivity contribution < 1.29 is 22.3 Å². The zero-order chi connectivity index (χ0) is 19.3. The van der Waals surface area contributed by atoms with Crippen LogP contribution in [0.2, 0.25) is 5.15 Å². The summed E-state index contributed by atoms with van der Waals surface area (Å²) in [4.78, 5) is 15.5. The molecule has 0 aliphatic rings. The number of esters is 1. The van der Waals surface area contributed by atoms with Crippen LogP contribution >= 0.6 is 11.6 Å². The molecule has 2 aromatic rings. The van der Waals surface area contributed by atoms with Crippen molar-refractivity contribution in [1.82, 2.24) is 9.29 Å². The topological polar surface area (TPSA) is 76.6 Å². The van der Waals surface area contributed by atoms with Gasteiger partial charge in [-0.05, 0) is 24.3 Å². The number of carbonyl (C=O) groups is 1. The Morgan fingerprint density at radius 1 is 1.23 bits per heavy atom. The highest BCUT2D eigenvalue weighted by Crippen LogP contribution is 2.21. The fourth-order valence-corrected chi connectivity index (χ4v) is 3.91. The maximum absolute atomic E-state index is 14.1. The highest BCUT2D eigenvalue weighted by molar-refractivity contribution is 7.89. The Balaban J connectivity index is 2.22. The number of ether oxygens (including phenoxy) is 1. The number of nitrogens with zero attached hydrogens (tertiary/aromatic N) is 2. The summed E-state index contributed by atoms with van der Waals surface area (Å²) >= 11 is 5.68. The van der Waals surface area contributed by atoms with Crippen molar-refractivity contribution in [2.24, 2.45) is 0 Å². The number of benzene rings is 1. The van der Waals surface area contributed by atoms with Gasteiger partial charge in [-0.1, -0.05) is 31.5 Å². The highest BCUT2D eigenvalue weighted by atomic mass is 35.5. The van der Waals surface area contributed by atoms with Crippen LogP contribution in [-0.4, -0.2) is 36.8 Å². The predicted octanol–water partition coefficient (Wildman–Crippen LogP) is 3.26. The average molecular weight is 401 g/mol. The molecule has 0 saturated heterocycles. The van der Waals surface area contributed by atoms with Crippen LogP contribution in [0.25, 0.3) is 0 Å². The third-order valence-corrected chi connectivity index (χ3v) is 5.94. The minimum Gasteiger partial charge on any atom is -0.457 e. The molecule has 140 valence electrons. The number of rotatable bonds is 7. The Kier molecular flexibility index (Phi) is 6.69. The SMILES string of the molecule is CCN(CC)S(=O)(=O)c1cc(C(=O)OCc2ccc(Cl)nc2)ccc1F. The normalized spacial score (nSPS) is 11.6. The van der Waals surface area contributed by atoms with Gasteiger partial charge in [-0.3, -0.25) is 0 Å². The van der Waals surface area contributed by atoms with Gasteiger partial charge in [0, 0.05) is 24.8 Å². The lowest BCUT2D eigenvalue weighted by Crippen LogP contribution is -2.31. The molecule has 2 rings (SSSR count). The summed E-state index contributed by atoms with van der Waals surface area (Å²) in [7, 11) is -4.03. The molecule has 0 saturated carbocycles. The summed E-state index contributed by atoms with van der Waals surface area (Å²) in [5.41, 5.74) is 0.555. The van der Waals surface area contributed by atoms with E-state index in [1.54, 1.807) is 26.0 Å². The fourth-order valence-electron chi connectivity index (χ4n) is 2.25. The van der Waals surface area contributed by atoms with Crippen LogP contribution < -0.4 is 0 Å². The summed E-state index contributed by atoms with van der Waals surface area (Å²) in [6.45, 7) is 3.61. The molecule has 0 aliphatic heterocycles. The Hall–Kier alpha value is -2.03. The van der Waals surface area contributed by atoms with Crippen LogP contribution in [0.1, 0.15) is 29.8 Å². The number of carbonyl (C=O) groups excluding carboxylic acids is 1. The van der Waals surface area contributed by atoms with Crippen LogP contribution in [0, 0.1) is 5.82 Å². The molecule has 0 spiro atoms. The van der Waals surface area contributed by atoms with Crippen molar-refractivity contribution in [3.63, 3.8) is 0 Å². The number of hydrogen-bond donors (Lipinski definition) is 0. The Labute approximate surface area is 156 Å². The zero-order valence-electron chi connectivity index (χ0n) is 14.3. The van der Waals surface area contributed by atoms with Crippen molar-refractivity contribution in [3.05, 3.63) is 58.6 Å². The molecule has 1 aromatic carbocycles.